The van der Waals surface area contributed by atoms with E-state index in [1.807, 2.05) is 73.7 Å². The van der Waals surface area contributed by atoms with Crippen LogP contribution in [0.25, 0.3) is 6.08 Å². The van der Waals surface area contributed by atoms with E-state index >= 15 is 0 Å². The van der Waals surface area contributed by atoms with Gasteiger partial charge in [0, 0.05) is 16.8 Å². The Bertz CT molecular complexity index is 941. The van der Waals surface area contributed by atoms with Gasteiger partial charge >= 0.3 is 5.95 Å². The van der Waals surface area contributed by atoms with Crippen molar-refractivity contribution in [2.75, 3.05) is 4.90 Å². The Morgan fingerprint density at radius 3 is 2.64 bits per heavy atom. The molecule has 0 atom stereocenters. The number of furan rings is 1. The third kappa shape index (κ3) is 2.72. The summed E-state index contributed by atoms with van der Waals surface area (Å²) in [5.41, 5.74) is 3.14. The lowest BCUT2D eigenvalue weighted by Gasteiger charge is -2.16. The molecule has 0 saturated carbocycles. The van der Waals surface area contributed by atoms with Crippen molar-refractivity contribution in [3.63, 3.8) is 0 Å². The van der Waals surface area contributed by atoms with Gasteiger partial charge in [0.15, 0.2) is 0 Å². The van der Waals surface area contributed by atoms with Gasteiger partial charge in [-0.2, -0.15) is 0 Å². The van der Waals surface area contributed by atoms with E-state index in [1.165, 1.54) is 0 Å². The average molecular weight is 331 g/mol. The summed E-state index contributed by atoms with van der Waals surface area (Å²) in [5, 5.41) is 0. The Balaban J connectivity index is 1.66. The van der Waals surface area contributed by atoms with Gasteiger partial charge in [0.2, 0.25) is 0 Å². The van der Waals surface area contributed by atoms with Crippen LogP contribution in [0.2, 0.25) is 0 Å². The number of hydrogen-bond acceptors (Lipinski definition) is 3. The predicted molar refractivity (Wildman–Crippen MR) is 96.9 cm³/mol. The van der Waals surface area contributed by atoms with Crippen LogP contribution in [0.1, 0.15) is 28.4 Å². The van der Waals surface area contributed by atoms with Crippen LogP contribution in [0.15, 0.2) is 71.4 Å². The maximum Gasteiger partial charge on any atom is 0.303 e. The van der Waals surface area contributed by atoms with Crippen LogP contribution in [0, 0.1) is 0 Å². The number of ether oxygens (including phenoxy) is 1. The molecule has 4 nitrogen and oxygen atoms in total. The number of carbonyl (C=O) groups excluding carboxylic acids is 1. The second-order valence-electron chi connectivity index (χ2n) is 5.79. The van der Waals surface area contributed by atoms with E-state index in [2.05, 4.69) is 0 Å². The first-order chi connectivity index (χ1) is 12.3. The third-order valence-corrected chi connectivity index (χ3v) is 4.16. The normalized spacial score (nSPS) is 13.5. The van der Waals surface area contributed by atoms with Gasteiger partial charge < -0.3 is 14.1 Å². The molecule has 4 rings (SSSR count). The summed E-state index contributed by atoms with van der Waals surface area (Å²) in [6.07, 6.45) is 5.50. The van der Waals surface area contributed by atoms with E-state index in [-0.39, 0.29) is 11.9 Å². The molecule has 0 fully saturated rings. The molecule has 2 heterocycles. The number of benzene rings is 2. The molecule has 2 aromatic carbocycles. The first-order valence-electron chi connectivity index (χ1n) is 8.15. The van der Waals surface area contributed by atoms with E-state index in [9.17, 15) is 4.79 Å². The summed E-state index contributed by atoms with van der Waals surface area (Å²) in [7, 11) is 0. The first-order valence-corrected chi connectivity index (χ1v) is 8.15. The third-order valence-electron chi connectivity index (χ3n) is 4.16. The summed E-state index contributed by atoms with van der Waals surface area (Å²) in [4.78, 5) is 14.6. The molecule has 124 valence electrons. The standard InChI is InChI=1S/C21H17NO3/c1-2-8-15-9-6-7-12-18(15)25-21-19-16(14-24-21)13-22(20(19)23)17-10-4-3-5-11-17/h2-12,14H,13H2,1H3/b8-2+. The Labute approximate surface area is 146 Å². The average Bonchev–Trinajstić information content (AvgIpc) is 3.18. The Morgan fingerprint density at radius 2 is 1.84 bits per heavy atom. The molecule has 1 amide bonds. The fourth-order valence-corrected chi connectivity index (χ4v) is 2.97. The number of rotatable bonds is 4. The van der Waals surface area contributed by atoms with Gasteiger partial charge in [-0.15, -0.1) is 0 Å². The zero-order valence-electron chi connectivity index (χ0n) is 13.8. The number of hydrogen-bond donors (Lipinski definition) is 0. The van der Waals surface area contributed by atoms with Gasteiger partial charge in [-0.1, -0.05) is 48.6 Å². The highest BCUT2D eigenvalue weighted by atomic mass is 16.6. The number of para-hydroxylation sites is 2. The lowest BCUT2D eigenvalue weighted by molar-refractivity contribution is 0.0992. The van der Waals surface area contributed by atoms with Gasteiger partial charge in [-0.05, 0) is 25.1 Å². The minimum absolute atomic E-state index is 0.103. The van der Waals surface area contributed by atoms with Gasteiger partial charge in [0.05, 0.1) is 6.54 Å². The van der Waals surface area contributed by atoms with Crippen molar-refractivity contribution in [2.45, 2.75) is 13.5 Å². The van der Waals surface area contributed by atoms with Gasteiger partial charge in [-0.3, -0.25) is 4.79 Å². The molecule has 3 aromatic rings. The molecule has 4 heteroatoms. The molecule has 1 aliphatic heterocycles. The maximum absolute atomic E-state index is 12.9. The molecule has 0 bridgehead atoms. The molecule has 25 heavy (non-hydrogen) atoms. The van der Waals surface area contributed by atoms with Crippen molar-refractivity contribution in [1.29, 1.82) is 0 Å². The Kier molecular flexibility index (Phi) is 3.86. The van der Waals surface area contributed by atoms with Gasteiger partial charge in [0.25, 0.3) is 5.91 Å². The summed E-state index contributed by atoms with van der Waals surface area (Å²) in [6, 6.07) is 17.3. The number of amides is 1. The summed E-state index contributed by atoms with van der Waals surface area (Å²) in [6.45, 7) is 2.43. The molecule has 1 aliphatic rings. The minimum Gasteiger partial charge on any atom is -0.433 e. The van der Waals surface area contributed by atoms with Crippen LogP contribution in [-0.4, -0.2) is 5.91 Å². The minimum atomic E-state index is -0.103. The predicted octanol–water partition coefficient (Wildman–Crippen LogP) is 5.27. The SMILES string of the molecule is C/C=C/c1ccccc1Oc1occ2c1C(=O)N(c1ccccc1)C2. The van der Waals surface area contributed by atoms with Crippen LogP contribution in [0.5, 0.6) is 11.7 Å². The van der Waals surface area contributed by atoms with Crippen LogP contribution in [0.4, 0.5) is 5.69 Å². The highest BCUT2D eigenvalue weighted by Gasteiger charge is 2.35. The zero-order valence-corrected chi connectivity index (χ0v) is 13.8. The molecule has 0 radical (unpaired) electrons. The second kappa shape index (κ2) is 6.32. The zero-order chi connectivity index (χ0) is 17.2. The number of anilines is 1. The van der Waals surface area contributed by atoms with Crippen LogP contribution < -0.4 is 9.64 Å². The topological polar surface area (TPSA) is 42.7 Å². The lowest BCUT2D eigenvalue weighted by Crippen LogP contribution is -2.23. The number of carbonyl (C=O) groups is 1. The number of allylic oxidation sites excluding steroid dienone is 1. The quantitative estimate of drug-likeness (QED) is 0.654. The fraction of sp³-hybridized carbons (Fsp3) is 0.0952. The monoisotopic (exact) mass is 331 g/mol. The number of fused-ring (bicyclic) bond motifs is 1. The Morgan fingerprint density at radius 1 is 1.08 bits per heavy atom. The summed E-state index contributed by atoms with van der Waals surface area (Å²) < 4.78 is 11.5. The lowest BCUT2D eigenvalue weighted by atomic mass is 10.2. The van der Waals surface area contributed by atoms with Crippen LogP contribution >= 0.6 is 0 Å². The van der Waals surface area contributed by atoms with Crippen molar-refractivity contribution in [3.8, 4) is 11.7 Å². The van der Waals surface area contributed by atoms with Crippen molar-refractivity contribution >= 4 is 17.7 Å². The van der Waals surface area contributed by atoms with Gasteiger partial charge in [-0.25, -0.2) is 0 Å². The van der Waals surface area contributed by atoms with Gasteiger partial charge in [0.1, 0.15) is 17.6 Å². The van der Waals surface area contributed by atoms with Crippen molar-refractivity contribution in [3.05, 3.63) is 83.6 Å². The fourth-order valence-electron chi connectivity index (χ4n) is 2.97. The highest BCUT2D eigenvalue weighted by molar-refractivity contribution is 6.11. The first kappa shape index (κ1) is 15.3. The molecule has 0 saturated heterocycles. The molecule has 0 unspecified atom stereocenters. The van der Waals surface area contributed by atoms with Crippen molar-refractivity contribution < 1.29 is 13.9 Å². The highest BCUT2D eigenvalue weighted by Crippen LogP contribution is 2.38. The molecule has 0 spiro atoms. The van der Waals surface area contributed by atoms with E-state index in [1.54, 1.807) is 11.2 Å². The Hall–Kier alpha value is -3.27. The molecule has 0 aliphatic carbocycles. The largest absolute Gasteiger partial charge is 0.433 e. The van der Waals surface area contributed by atoms with Crippen molar-refractivity contribution in [1.82, 2.24) is 0 Å². The van der Waals surface area contributed by atoms with Crippen LogP contribution in [-0.2, 0) is 6.54 Å². The summed E-state index contributed by atoms with van der Waals surface area (Å²) in [5.74, 6) is 0.799. The number of nitrogens with zero attached hydrogens (tertiary/aromatic N) is 1. The van der Waals surface area contributed by atoms with E-state index < -0.39 is 0 Å². The summed E-state index contributed by atoms with van der Waals surface area (Å²) >= 11 is 0. The molecular formula is C21H17NO3. The van der Waals surface area contributed by atoms with E-state index in [0.717, 1.165) is 16.8 Å². The van der Waals surface area contributed by atoms with Crippen molar-refractivity contribution in [2.24, 2.45) is 0 Å². The molecule has 1 aromatic heterocycles. The van der Waals surface area contributed by atoms with E-state index in [4.69, 9.17) is 9.15 Å². The van der Waals surface area contributed by atoms with Crippen LogP contribution in [0.3, 0.4) is 0 Å². The molecular weight excluding hydrogens is 314 g/mol. The second-order valence-corrected chi connectivity index (χ2v) is 5.79. The maximum atomic E-state index is 12.9. The molecule has 0 N–H and O–H groups in total. The van der Waals surface area contributed by atoms with E-state index in [0.29, 0.717) is 17.9 Å². The smallest absolute Gasteiger partial charge is 0.303 e.